The largest absolute Gasteiger partial charge is 0.466 e. The van der Waals surface area contributed by atoms with Gasteiger partial charge in [-0.05, 0) is 29.7 Å². The number of amides is 1. The van der Waals surface area contributed by atoms with Crippen molar-refractivity contribution < 1.29 is 14.3 Å². The van der Waals surface area contributed by atoms with Gasteiger partial charge in [0.05, 0.1) is 24.4 Å². The fourth-order valence-electron chi connectivity index (χ4n) is 3.82. The molecule has 5 nitrogen and oxygen atoms in total. The van der Waals surface area contributed by atoms with Crippen LogP contribution in [0.25, 0.3) is 0 Å². The Bertz CT molecular complexity index is 1090. The van der Waals surface area contributed by atoms with Gasteiger partial charge < -0.3 is 15.0 Å². The summed E-state index contributed by atoms with van der Waals surface area (Å²) < 4.78 is 4.90. The van der Waals surface area contributed by atoms with Gasteiger partial charge in [0.15, 0.2) is 0 Å². The summed E-state index contributed by atoms with van der Waals surface area (Å²) in [5.41, 5.74) is 3.97. The fourth-order valence-corrected chi connectivity index (χ4v) is 3.82. The molecule has 0 aliphatic carbocycles. The number of rotatable bonds is 5. The first-order valence-electron chi connectivity index (χ1n) is 10.2. The summed E-state index contributed by atoms with van der Waals surface area (Å²) in [4.78, 5) is 27.7. The van der Waals surface area contributed by atoms with Gasteiger partial charge in [0.2, 0.25) is 0 Å². The van der Waals surface area contributed by atoms with Gasteiger partial charge >= 0.3 is 5.97 Å². The first-order valence-corrected chi connectivity index (χ1v) is 10.2. The lowest BCUT2D eigenvalue weighted by Gasteiger charge is -2.32. The van der Waals surface area contributed by atoms with Gasteiger partial charge in [-0.1, -0.05) is 72.8 Å². The molecule has 0 saturated carbocycles. The highest BCUT2D eigenvalue weighted by molar-refractivity contribution is 6.01. The third-order valence-electron chi connectivity index (χ3n) is 5.37. The molecule has 0 saturated heterocycles. The summed E-state index contributed by atoms with van der Waals surface area (Å²) in [5.74, 6) is -0.548. The number of ether oxygens (including phenoxy) is 1. The van der Waals surface area contributed by atoms with Crippen molar-refractivity contribution >= 4 is 17.6 Å². The van der Waals surface area contributed by atoms with Crippen LogP contribution in [0, 0.1) is 0 Å². The zero-order chi connectivity index (χ0) is 21.6. The molecule has 4 rings (SSSR count). The van der Waals surface area contributed by atoms with Crippen molar-refractivity contribution in [3.63, 3.8) is 0 Å². The van der Waals surface area contributed by atoms with E-state index in [1.165, 1.54) is 13.2 Å². The molecule has 0 unspecified atom stereocenters. The number of carbonyl (C=O) groups is 2. The van der Waals surface area contributed by atoms with Crippen LogP contribution in [0.5, 0.6) is 0 Å². The number of hydrogen-bond acceptors (Lipinski definition) is 4. The third-order valence-corrected chi connectivity index (χ3v) is 5.37. The lowest BCUT2D eigenvalue weighted by atomic mass is 10.00. The summed E-state index contributed by atoms with van der Waals surface area (Å²) in [6.45, 7) is 0.422. The second-order valence-electron chi connectivity index (χ2n) is 7.42. The van der Waals surface area contributed by atoms with Gasteiger partial charge in [0.1, 0.15) is 0 Å². The molecule has 0 spiro atoms. The van der Waals surface area contributed by atoms with Crippen LogP contribution < -0.4 is 5.32 Å². The molecule has 156 valence electrons. The number of methoxy groups -OCH3 is 1. The van der Waals surface area contributed by atoms with E-state index in [-0.39, 0.29) is 11.9 Å². The van der Waals surface area contributed by atoms with E-state index in [0.29, 0.717) is 29.9 Å². The van der Waals surface area contributed by atoms with Crippen LogP contribution >= 0.6 is 0 Å². The number of esters is 1. The number of para-hydroxylation sites is 1. The second kappa shape index (κ2) is 9.30. The maximum absolute atomic E-state index is 13.7. The molecule has 1 aliphatic heterocycles. The minimum absolute atomic E-state index is 0.0823. The fraction of sp³-hybridized carbons (Fsp3) is 0.154. The lowest BCUT2D eigenvalue weighted by Crippen LogP contribution is -2.42. The van der Waals surface area contributed by atoms with Crippen LogP contribution in [0.2, 0.25) is 0 Å². The van der Waals surface area contributed by atoms with Crippen molar-refractivity contribution in [2.45, 2.75) is 19.0 Å². The number of fused-ring (bicyclic) bond motifs is 1. The molecular weight excluding hydrogens is 388 g/mol. The Balaban J connectivity index is 1.83. The highest BCUT2D eigenvalue weighted by atomic mass is 16.5. The lowest BCUT2D eigenvalue weighted by molar-refractivity contribution is -0.134. The molecule has 5 heteroatoms. The van der Waals surface area contributed by atoms with Crippen LogP contribution in [0.3, 0.4) is 0 Å². The number of hydrogen-bond donors (Lipinski definition) is 1. The summed E-state index contributed by atoms with van der Waals surface area (Å²) in [7, 11) is 1.35. The normalized spacial score (nSPS) is 16.9. The molecule has 1 atom stereocenters. The predicted molar refractivity (Wildman–Crippen MR) is 120 cm³/mol. The summed E-state index contributed by atoms with van der Waals surface area (Å²) >= 11 is 0. The van der Waals surface area contributed by atoms with Gasteiger partial charge in [-0.2, -0.15) is 0 Å². The zero-order valence-corrected chi connectivity index (χ0v) is 17.3. The smallest absolute Gasteiger partial charge is 0.332 e. The van der Waals surface area contributed by atoms with E-state index in [1.807, 2.05) is 89.8 Å². The van der Waals surface area contributed by atoms with Crippen molar-refractivity contribution in [3.05, 3.63) is 113 Å². The topological polar surface area (TPSA) is 58.6 Å². The Morgan fingerprint density at radius 2 is 1.55 bits per heavy atom. The van der Waals surface area contributed by atoms with E-state index in [2.05, 4.69) is 5.32 Å². The van der Waals surface area contributed by atoms with Gasteiger partial charge in [-0.25, -0.2) is 4.79 Å². The van der Waals surface area contributed by atoms with E-state index in [9.17, 15) is 9.59 Å². The highest BCUT2D eigenvalue weighted by Crippen LogP contribution is 2.30. The molecule has 1 N–H and O–H groups in total. The quantitative estimate of drug-likeness (QED) is 0.498. The Kier molecular flexibility index (Phi) is 6.13. The molecule has 0 bridgehead atoms. The SMILES string of the molecule is COC(=O)/C=C1\Nc2ccccc2C(=O)N(Cc2ccccc2)[C@H]1Cc1ccccc1. The number of benzene rings is 3. The Morgan fingerprint density at radius 3 is 2.23 bits per heavy atom. The Labute approximate surface area is 182 Å². The van der Waals surface area contributed by atoms with Crippen LogP contribution in [0.1, 0.15) is 21.5 Å². The Hall–Kier alpha value is -3.86. The zero-order valence-electron chi connectivity index (χ0n) is 17.3. The molecular formula is C26H24N2O3. The predicted octanol–water partition coefficient (Wildman–Crippen LogP) is 4.42. The van der Waals surface area contributed by atoms with Gasteiger partial charge in [-0.3, -0.25) is 4.79 Å². The number of nitrogens with one attached hydrogen (secondary N) is 1. The van der Waals surface area contributed by atoms with Crippen molar-refractivity contribution in [1.29, 1.82) is 0 Å². The first-order chi connectivity index (χ1) is 15.2. The average Bonchev–Trinajstić information content (AvgIpc) is 2.91. The molecule has 0 aromatic heterocycles. The molecule has 3 aromatic carbocycles. The summed E-state index contributed by atoms with van der Waals surface area (Å²) in [5, 5.41) is 3.34. The first kappa shape index (κ1) is 20.4. The summed E-state index contributed by atoms with van der Waals surface area (Å²) in [6.07, 6.45) is 2.00. The van der Waals surface area contributed by atoms with Crippen molar-refractivity contribution in [2.75, 3.05) is 12.4 Å². The standard InChI is InChI=1S/C26H24N2O3/c1-31-25(29)17-23-24(16-19-10-4-2-5-11-19)28(18-20-12-6-3-7-13-20)26(30)21-14-8-9-15-22(21)27-23/h2-15,17,24,27H,16,18H2,1H3/b23-17-/t24-/m0/s1. The highest BCUT2D eigenvalue weighted by Gasteiger charge is 2.33. The molecule has 0 radical (unpaired) electrons. The van der Waals surface area contributed by atoms with E-state index in [1.54, 1.807) is 0 Å². The summed E-state index contributed by atoms with van der Waals surface area (Å²) in [6, 6.07) is 26.8. The number of carbonyl (C=O) groups excluding carboxylic acids is 2. The second-order valence-corrected chi connectivity index (χ2v) is 7.42. The monoisotopic (exact) mass is 412 g/mol. The van der Waals surface area contributed by atoms with Crippen LogP contribution in [0.4, 0.5) is 5.69 Å². The van der Waals surface area contributed by atoms with E-state index in [0.717, 1.165) is 11.1 Å². The van der Waals surface area contributed by atoms with Crippen LogP contribution in [-0.2, 0) is 22.5 Å². The molecule has 0 fully saturated rings. The van der Waals surface area contributed by atoms with E-state index < -0.39 is 5.97 Å². The minimum Gasteiger partial charge on any atom is -0.466 e. The third kappa shape index (κ3) is 4.67. The molecule has 31 heavy (non-hydrogen) atoms. The number of anilines is 1. The Morgan fingerprint density at radius 1 is 0.935 bits per heavy atom. The van der Waals surface area contributed by atoms with Gasteiger partial charge in [0, 0.05) is 18.3 Å². The van der Waals surface area contributed by atoms with E-state index >= 15 is 0 Å². The van der Waals surface area contributed by atoms with Gasteiger partial charge in [0.25, 0.3) is 5.91 Å². The minimum atomic E-state index is -0.466. The van der Waals surface area contributed by atoms with E-state index in [4.69, 9.17) is 4.74 Å². The molecule has 1 amide bonds. The van der Waals surface area contributed by atoms with Crippen molar-refractivity contribution in [3.8, 4) is 0 Å². The maximum Gasteiger partial charge on any atom is 0.332 e. The van der Waals surface area contributed by atoms with Gasteiger partial charge in [-0.15, -0.1) is 0 Å². The maximum atomic E-state index is 13.7. The molecule has 1 aliphatic rings. The molecule has 3 aromatic rings. The average molecular weight is 412 g/mol. The molecule has 1 heterocycles. The van der Waals surface area contributed by atoms with Crippen LogP contribution in [0.15, 0.2) is 96.7 Å². The van der Waals surface area contributed by atoms with Crippen molar-refractivity contribution in [1.82, 2.24) is 4.90 Å². The van der Waals surface area contributed by atoms with Crippen LogP contribution in [-0.4, -0.2) is 29.9 Å². The number of nitrogens with zero attached hydrogens (tertiary/aromatic N) is 1. The van der Waals surface area contributed by atoms with Crippen molar-refractivity contribution in [2.24, 2.45) is 0 Å².